The maximum atomic E-state index is 12.1. The molecule has 1 heterocycles. The number of imidazole rings is 1. The van der Waals surface area contributed by atoms with Gasteiger partial charge in [0.1, 0.15) is 6.61 Å². The van der Waals surface area contributed by atoms with Gasteiger partial charge in [0.25, 0.3) is 0 Å². The number of aryl methyl sites for hydroxylation is 1. The molecule has 1 unspecified atom stereocenters. The largest absolute Gasteiger partial charge is 0.493 e. The summed E-state index contributed by atoms with van der Waals surface area (Å²) in [5.41, 5.74) is 1.42. The number of methoxy groups -OCH3 is 1. The van der Waals surface area contributed by atoms with Crippen LogP contribution >= 0.6 is 23.2 Å². The van der Waals surface area contributed by atoms with E-state index >= 15 is 0 Å². The lowest BCUT2D eigenvalue weighted by atomic mass is 9.88. The number of benzene rings is 2. The van der Waals surface area contributed by atoms with E-state index in [1.807, 2.05) is 24.3 Å². The summed E-state index contributed by atoms with van der Waals surface area (Å²) >= 11 is 12.5. The van der Waals surface area contributed by atoms with Gasteiger partial charge in [0.2, 0.25) is 5.88 Å². The summed E-state index contributed by atoms with van der Waals surface area (Å²) in [6.07, 6.45) is 7.12. The topological polar surface area (TPSA) is 106 Å². The minimum absolute atomic E-state index is 0.0747. The Bertz CT molecular complexity index is 1400. The molecule has 3 aromatic rings. The number of carboxylic acid groups (broad SMARTS) is 1. The fourth-order valence-corrected chi connectivity index (χ4v) is 5.86. The lowest BCUT2D eigenvalue weighted by molar-refractivity contribution is -0.138. The Kier molecular flexibility index (Phi) is 10.6. The highest BCUT2D eigenvalue weighted by Crippen LogP contribution is 2.35. The number of rotatable bonds is 13. The number of halogens is 2. The van der Waals surface area contributed by atoms with Crippen LogP contribution in [0.1, 0.15) is 55.7 Å². The third kappa shape index (κ3) is 7.99. The normalized spacial score (nSPS) is 14.8. The minimum atomic E-state index is -0.889. The number of aliphatic carboxylic acids is 1. The molecular weight excluding hydrogens is 569 g/mol. The van der Waals surface area contributed by atoms with Crippen molar-refractivity contribution in [2.24, 2.45) is 13.0 Å². The van der Waals surface area contributed by atoms with Gasteiger partial charge in [-0.25, -0.2) is 4.79 Å². The van der Waals surface area contributed by atoms with Gasteiger partial charge in [0, 0.05) is 26.2 Å². The van der Waals surface area contributed by atoms with E-state index in [0.717, 1.165) is 30.5 Å². The second-order valence-corrected chi connectivity index (χ2v) is 11.4. The summed E-state index contributed by atoms with van der Waals surface area (Å²) in [4.78, 5) is 26.4. The number of carbonyl (C=O) groups is 1. The summed E-state index contributed by atoms with van der Waals surface area (Å²) in [7, 11) is 3.13. The summed E-state index contributed by atoms with van der Waals surface area (Å²) in [6.45, 7) is 1.58. The molecule has 2 aromatic carbocycles. The van der Waals surface area contributed by atoms with Gasteiger partial charge in [0.05, 0.1) is 36.3 Å². The van der Waals surface area contributed by atoms with E-state index in [1.165, 1.54) is 34.6 Å². The zero-order valence-corrected chi connectivity index (χ0v) is 24.9. The summed E-state index contributed by atoms with van der Waals surface area (Å²) in [5.74, 6) is 0.489. The SMILES string of the molecule is COc1cc(CN(CC2CCCCC2)C(CC(=O)O)c2ccc(Cl)c(Cl)c2)ccc1OCCn1c(O)cn(C)c1=O. The minimum Gasteiger partial charge on any atom is -0.493 e. The van der Waals surface area contributed by atoms with Crippen molar-refractivity contribution in [3.05, 3.63) is 74.3 Å². The first-order valence-electron chi connectivity index (χ1n) is 13.8. The van der Waals surface area contributed by atoms with Crippen LogP contribution in [0.25, 0.3) is 0 Å². The van der Waals surface area contributed by atoms with Crippen LogP contribution in [-0.4, -0.2) is 50.5 Å². The molecule has 1 atom stereocenters. The van der Waals surface area contributed by atoms with Crippen LogP contribution in [0.4, 0.5) is 0 Å². The van der Waals surface area contributed by atoms with Crippen molar-refractivity contribution in [3.8, 4) is 17.4 Å². The second-order valence-electron chi connectivity index (χ2n) is 10.6. The van der Waals surface area contributed by atoms with E-state index in [0.29, 0.717) is 34.0 Å². The smallest absolute Gasteiger partial charge is 0.330 e. The van der Waals surface area contributed by atoms with E-state index in [4.69, 9.17) is 32.7 Å². The zero-order valence-electron chi connectivity index (χ0n) is 23.4. The lowest BCUT2D eigenvalue weighted by Crippen LogP contribution is -2.35. The number of carboxylic acids is 1. The average Bonchev–Trinajstić information content (AvgIpc) is 3.19. The highest BCUT2D eigenvalue weighted by Gasteiger charge is 2.28. The standard InChI is InChI=1S/C30H37Cl2N3O6/c1-33-19-28(36)35(30(33)39)12-13-41-26-11-8-21(14-27(26)40-2)18-34(17-20-6-4-3-5-7-20)25(16-29(37)38)22-9-10-23(31)24(32)15-22/h8-11,14-15,19-20,25,36H,3-7,12-13,16-18H2,1-2H3,(H,37,38). The van der Waals surface area contributed by atoms with Crippen LogP contribution in [0.15, 0.2) is 47.4 Å². The third-order valence-corrected chi connectivity index (χ3v) is 8.40. The van der Waals surface area contributed by atoms with E-state index in [2.05, 4.69) is 4.90 Å². The highest BCUT2D eigenvalue weighted by atomic mass is 35.5. The van der Waals surface area contributed by atoms with Crippen LogP contribution in [0.5, 0.6) is 17.4 Å². The Hall–Kier alpha value is -3.14. The molecule has 0 radical (unpaired) electrons. The predicted octanol–water partition coefficient (Wildman–Crippen LogP) is 5.89. The van der Waals surface area contributed by atoms with Crippen molar-refractivity contribution in [1.82, 2.24) is 14.0 Å². The molecule has 2 N–H and O–H groups in total. The molecule has 0 aliphatic heterocycles. The van der Waals surface area contributed by atoms with Crippen molar-refractivity contribution in [3.63, 3.8) is 0 Å². The number of hydrogen-bond donors (Lipinski definition) is 2. The van der Waals surface area contributed by atoms with Gasteiger partial charge in [-0.05, 0) is 54.2 Å². The summed E-state index contributed by atoms with van der Waals surface area (Å²) < 4.78 is 14.1. The Morgan fingerprint density at radius 2 is 1.85 bits per heavy atom. The van der Waals surface area contributed by atoms with E-state index in [9.17, 15) is 19.8 Å². The number of nitrogens with zero attached hydrogens (tertiary/aromatic N) is 3. The highest BCUT2D eigenvalue weighted by molar-refractivity contribution is 6.42. The first kappa shape index (κ1) is 30.8. The van der Waals surface area contributed by atoms with Gasteiger partial charge in [-0.3, -0.25) is 18.8 Å². The molecule has 41 heavy (non-hydrogen) atoms. The van der Waals surface area contributed by atoms with Gasteiger partial charge < -0.3 is 19.7 Å². The molecule has 1 aliphatic rings. The monoisotopic (exact) mass is 605 g/mol. The number of hydrogen-bond acceptors (Lipinski definition) is 6. The molecule has 9 nitrogen and oxygen atoms in total. The first-order chi connectivity index (χ1) is 19.7. The molecule has 222 valence electrons. The Balaban J connectivity index is 1.56. The maximum Gasteiger partial charge on any atom is 0.330 e. The molecule has 1 aliphatic carbocycles. The molecule has 11 heteroatoms. The Morgan fingerprint density at radius 1 is 1.10 bits per heavy atom. The number of aromatic hydroxyl groups is 1. The fourth-order valence-electron chi connectivity index (χ4n) is 5.55. The maximum absolute atomic E-state index is 12.1. The second kappa shape index (κ2) is 14.2. The van der Waals surface area contributed by atoms with Gasteiger partial charge in [0.15, 0.2) is 11.5 Å². The third-order valence-electron chi connectivity index (χ3n) is 7.66. The van der Waals surface area contributed by atoms with Gasteiger partial charge >= 0.3 is 11.7 Å². The molecule has 1 aromatic heterocycles. The molecule has 0 saturated heterocycles. The van der Waals surface area contributed by atoms with Crippen LogP contribution in [0.3, 0.4) is 0 Å². The molecule has 4 rings (SSSR count). The molecule has 1 saturated carbocycles. The first-order valence-corrected chi connectivity index (χ1v) is 14.6. The number of ether oxygens (including phenoxy) is 2. The van der Waals surface area contributed by atoms with Gasteiger partial charge in [-0.1, -0.05) is 54.6 Å². The number of aromatic nitrogens is 2. The van der Waals surface area contributed by atoms with Crippen LogP contribution in [0.2, 0.25) is 10.0 Å². The van der Waals surface area contributed by atoms with Gasteiger partial charge in [-0.2, -0.15) is 0 Å². The van der Waals surface area contributed by atoms with Crippen molar-refractivity contribution >= 4 is 29.2 Å². The summed E-state index contributed by atoms with van der Waals surface area (Å²) in [5, 5.41) is 20.6. The van der Waals surface area contributed by atoms with Crippen LogP contribution < -0.4 is 15.2 Å². The van der Waals surface area contributed by atoms with Crippen LogP contribution in [0, 0.1) is 5.92 Å². The van der Waals surface area contributed by atoms with Crippen molar-refractivity contribution < 1.29 is 24.5 Å². The van der Waals surface area contributed by atoms with E-state index in [-0.39, 0.29) is 31.1 Å². The van der Waals surface area contributed by atoms with Crippen molar-refractivity contribution in [2.75, 3.05) is 20.3 Å². The average molecular weight is 607 g/mol. The fraction of sp³-hybridized carbons (Fsp3) is 0.467. The van der Waals surface area contributed by atoms with E-state index in [1.54, 1.807) is 26.3 Å². The van der Waals surface area contributed by atoms with Gasteiger partial charge in [-0.15, -0.1) is 0 Å². The van der Waals surface area contributed by atoms with Crippen molar-refractivity contribution in [2.45, 2.75) is 57.7 Å². The predicted molar refractivity (Wildman–Crippen MR) is 158 cm³/mol. The van der Waals surface area contributed by atoms with Crippen LogP contribution in [-0.2, 0) is 24.9 Å². The summed E-state index contributed by atoms with van der Waals surface area (Å²) in [6, 6.07) is 10.6. The molecular formula is C30H37Cl2N3O6. The quantitative estimate of drug-likeness (QED) is 0.250. The molecule has 0 amide bonds. The Morgan fingerprint density at radius 3 is 2.49 bits per heavy atom. The molecule has 1 fully saturated rings. The van der Waals surface area contributed by atoms with Crippen molar-refractivity contribution in [1.29, 1.82) is 0 Å². The zero-order chi connectivity index (χ0) is 29.5. The van der Waals surface area contributed by atoms with E-state index < -0.39 is 12.0 Å². The Labute approximate surface area is 249 Å². The lowest BCUT2D eigenvalue weighted by Gasteiger charge is -2.36. The molecule has 0 spiro atoms. The molecule has 0 bridgehead atoms.